The van der Waals surface area contributed by atoms with Crippen molar-refractivity contribution in [2.24, 2.45) is 0 Å². The van der Waals surface area contributed by atoms with E-state index >= 15 is 0 Å². The number of anilines is 1. The van der Waals surface area contributed by atoms with Gasteiger partial charge in [-0.2, -0.15) is 0 Å². The highest BCUT2D eigenvalue weighted by Gasteiger charge is 2.12. The maximum absolute atomic E-state index is 11.7. The number of nitrogens with zero attached hydrogens (tertiary/aromatic N) is 2. The Morgan fingerprint density at radius 2 is 2.33 bits per heavy atom. The van der Waals surface area contributed by atoms with E-state index in [2.05, 4.69) is 10.3 Å². The van der Waals surface area contributed by atoms with Crippen molar-refractivity contribution in [1.29, 1.82) is 0 Å². The van der Waals surface area contributed by atoms with Crippen molar-refractivity contribution in [3.05, 3.63) is 23.9 Å². The van der Waals surface area contributed by atoms with Crippen molar-refractivity contribution in [3.8, 4) is 0 Å². The second-order valence-corrected chi connectivity index (χ2v) is 3.11. The summed E-state index contributed by atoms with van der Waals surface area (Å²) >= 11 is 0. The number of pyridine rings is 1. The molecule has 0 aliphatic rings. The molecular weight excluding hydrogens is 194 g/mol. The first-order valence-electron chi connectivity index (χ1n) is 4.70. The zero-order valence-corrected chi connectivity index (χ0v) is 8.90. The topological polar surface area (TPSA) is 65.5 Å². The largest absolute Gasteiger partial charge is 0.395 e. The van der Waals surface area contributed by atoms with E-state index in [0.717, 1.165) is 0 Å². The molecule has 0 aliphatic carbocycles. The van der Waals surface area contributed by atoms with Gasteiger partial charge in [-0.05, 0) is 12.1 Å². The minimum atomic E-state index is -0.193. The summed E-state index contributed by atoms with van der Waals surface area (Å²) in [5.74, 6) is 0.458. The van der Waals surface area contributed by atoms with Gasteiger partial charge in [0.1, 0.15) is 11.5 Å². The van der Waals surface area contributed by atoms with Crippen molar-refractivity contribution >= 4 is 11.7 Å². The molecule has 0 saturated heterocycles. The standard InChI is InChI=1S/C10H15N3O2/c1-11-9-5-3-4-8(12-9)10(15)13(2)6-7-14/h3-5,14H,6-7H2,1-2H3,(H,11,12). The van der Waals surface area contributed by atoms with Crippen molar-refractivity contribution < 1.29 is 9.90 Å². The molecule has 1 heterocycles. The number of amides is 1. The first-order valence-corrected chi connectivity index (χ1v) is 4.70. The maximum Gasteiger partial charge on any atom is 0.272 e. The van der Waals surface area contributed by atoms with Gasteiger partial charge in [-0.1, -0.05) is 6.07 Å². The molecule has 0 bridgehead atoms. The third kappa shape index (κ3) is 2.92. The molecule has 0 unspecified atom stereocenters. The molecule has 0 saturated carbocycles. The van der Waals surface area contributed by atoms with Crippen LogP contribution in [0.3, 0.4) is 0 Å². The number of hydrogen-bond donors (Lipinski definition) is 2. The monoisotopic (exact) mass is 209 g/mol. The van der Waals surface area contributed by atoms with Crippen molar-refractivity contribution in [2.75, 3.05) is 32.6 Å². The first kappa shape index (κ1) is 11.5. The van der Waals surface area contributed by atoms with E-state index in [0.29, 0.717) is 18.1 Å². The number of aromatic nitrogens is 1. The third-order valence-corrected chi connectivity index (χ3v) is 2.01. The number of carbonyl (C=O) groups is 1. The Morgan fingerprint density at radius 1 is 1.60 bits per heavy atom. The second kappa shape index (κ2) is 5.31. The molecule has 0 aliphatic heterocycles. The van der Waals surface area contributed by atoms with Gasteiger partial charge in [0.2, 0.25) is 0 Å². The summed E-state index contributed by atoms with van der Waals surface area (Å²) in [6.07, 6.45) is 0. The van der Waals surface area contributed by atoms with Crippen LogP contribution in [-0.2, 0) is 0 Å². The first-order chi connectivity index (χ1) is 7.19. The number of carbonyl (C=O) groups excluding carboxylic acids is 1. The number of rotatable bonds is 4. The van der Waals surface area contributed by atoms with E-state index in [9.17, 15) is 4.79 Å². The normalized spacial score (nSPS) is 9.80. The van der Waals surface area contributed by atoms with Crippen LogP contribution in [0.5, 0.6) is 0 Å². The lowest BCUT2D eigenvalue weighted by Gasteiger charge is -2.15. The van der Waals surface area contributed by atoms with Crippen LogP contribution in [0, 0.1) is 0 Å². The second-order valence-electron chi connectivity index (χ2n) is 3.11. The highest BCUT2D eigenvalue weighted by atomic mass is 16.3. The van der Waals surface area contributed by atoms with E-state index in [1.807, 2.05) is 0 Å². The third-order valence-electron chi connectivity index (χ3n) is 2.01. The Balaban J connectivity index is 2.81. The summed E-state index contributed by atoms with van der Waals surface area (Å²) in [6, 6.07) is 5.19. The lowest BCUT2D eigenvalue weighted by Crippen LogP contribution is -2.30. The van der Waals surface area contributed by atoms with Crippen molar-refractivity contribution in [3.63, 3.8) is 0 Å². The maximum atomic E-state index is 11.7. The fourth-order valence-corrected chi connectivity index (χ4v) is 1.14. The quantitative estimate of drug-likeness (QED) is 0.742. The number of aliphatic hydroxyl groups excluding tert-OH is 1. The molecule has 0 atom stereocenters. The van der Waals surface area contributed by atoms with Gasteiger partial charge in [0, 0.05) is 20.6 Å². The highest BCUT2D eigenvalue weighted by Crippen LogP contribution is 2.05. The zero-order valence-electron chi connectivity index (χ0n) is 8.90. The van der Waals surface area contributed by atoms with Crippen LogP contribution in [0.1, 0.15) is 10.5 Å². The van der Waals surface area contributed by atoms with Gasteiger partial charge in [0.15, 0.2) is 0 Å². The number of likely N-dealkylation sites (N-methyl/N-ethyl adjacent to an activating group) is 1. The van der Waals surface area contributed by atoms with Gasteiger partial charge in [0.05, 0.1) is 6.61 Å². The predicted octanol–water partition coefficient (Wildman–Crippen LogP) is 0.188. The van der Waals surface area contributed by atoms with Crippen molar-refractivity contribution in [1.82, 2.24) is 9.88 Å². The van der Waals surface area contributed by atoms with Gasteiger partial charge >= 0.3 is 0 Å². The predicted molar refractivity (Wildman–Crippen MR) is 57.8 cm³/mol. The number of hydrogen-bond acceptors (Lipinski definition) is 4. The van der Waals surface area contributed by atoms with Crippen LogP contribution < -0.4 is 5.32 Å². The summed E-state index contributed by atoms with van der Waals surface area (Å²) in [4.78, 5) is 17.3. The minimum absolute atomic E-state index is 0.0477. The molecule has 0 aromatic carbocycles. The highest BCUT2D eigenvalue weighted by molar-refractivity contribution is 5.92. The smallest absolute Gasteiger partial charge is 0.272 e. The van der Waals surface area contributed by atoms with Gasteiger partial charge in [-0.3, -0.25) is 4.79 Å². The summed E-state index contributed by atoms with van der Waals surface area (Å²) in [6.45, 7) is 0.262. The Kier molecular flexibility index (Phi) is 4.05. The molecule has 5 nitrogen and oxygen atoms in total. The Bertz CT molecular complexity index is 341. The lowest BCUT2D eigenvalue weighted by atomic mass is 10.3. The van der Waals surface area contributed by atoms with Crippen LogP contribution >= 0.6 is 0 Å². The Morgan fingerprint density at radius 3 is 2.93 bits per heavy atom. The van der Waals surface area contributed by atoms with E-state index in [1.54, 1.807) is 32.3 Å². The number of nitrogens with one attached hydrogen (secondary N) is 1. The molecule has 1 aromatic heterocycles. The molecule has 1 rings (SSSR count). The molecule has 5 heteroatoms. The van der Waals surface area contributed by atoms with E-state index in [-0.39, 0.29) is 12.5 Å². The van der Waals surface area contributed by atoms with Crippen LogP contribution in [0.25, 0.3) is 0 Å². The molecule has 0 spiro atoms. The Hall–Kier alpha value is -1.62. The fraction of sp³-hybridized carbons (Fsp3) is 0.400. The molecule has 0 fully saturated rings. The van der Waals surface area contributed by atoms with Gasteiger partial charge in [0.25, 0.3) is 5.91 Å². The lowest BCUT2D eigenvalue weighted by molar-refractivity contribution is 0.0761. The molecular formula is C10H15N3O2. The molecule has 82 valence electrons. The molecule has 2 N–H and O–H groups in total. The molecule has 15 heavy (non-hydrogen) atoms. The van der Waals surface area contributed by atoms with Crippen LogP contribution in [-0.4, -0.2) is 48.1 Å². The number of aliphatic hydroxyl groups is 1. The SMILES string of the molecule is CNc1cccc(C(=O)N(C)CCO)n1. The van der Waals surface area contributed by atoms with Crippen LogP contribution in [0.15, 0.2) is 18.2 Å². The molecule has 0 radical (unpaired) electrons. The van der Waals surface area contributed by atoms with Gasteiger partial charge in [-0.25, -0.2) is 4.98 Å². The van der Waals surface area contributed by atoms with Crippen LogP contribution in [0.4, 0.5) is 5.82 Å². The van der Waals surface area contributed by atoms with Gasteiger partial charge in [-0.15, -0.1) is 0 Å². The summed E-state index contributed by atoms with van der Waals surface area (Å²) in [5.41, 5.74) is 0.373. The average Bonchev–Trinajstić information content (AvgIpc) is 2.28. The Labute approximate surface area is 88.7 Å². The summed E-state index contributed by atoms with van der Waals surface area (Å²) < 4.78 is 0. The van der Waals surface area contributed by atoms with E-state index in [1.165, 1.54) is 4.90 Å². The molecule has 1 amide bonds. The van der Waals surface area contributed by atoms with Crippen molar-refractivity contribution in [2.45, 2.75) is 0 Å². The fourth-order valence-electron chi connectivity index (χ4n) is 1.14. The molecule has 1 aromatic rings. The minimum Gasteiger partial charge on any atom is -0.395 e. The van der Waals surface area contributed by atoms with E-state index in [4.69, 9.17) is 5.11 Å². The average molecular weight is 209 g/mol. The summed E-state index contributed by atoms with van der Waals surface area (Å²) in [5, 5.41) is 11.6. The zero-order chi connectivity index (χ0) is 11.3. The van der Waals surface area contributed by atoms with E-state index < -0.39 is 0 Å². The summed E-state index contributed by atoms with van der Waals surface area (Å²) in [7, 11) is 3.38. The van der Waals surface area contributed by atoms with Crippen LogP contribution in [0.2, 0.25) is 0 Å². The van der Waals surface area contributed by atoms with Gasteiger partial charge < -0.3 is 15.3 Å².